The fraction of sp³-hybridized carbons (Fsp3) is 1.00. The van der Waals surface area contributed by atoms with Crippen LogP contribution in [0, 0.1) is 5.92 Å². The van der Waals surface area contributed by atoms with Gasteiger partial charge in [0.2, 0.25) is 0 Å². The molecule has 2 N–H and O–H groups in total. The van der Waals surface area contributed by atoms with Crippen LogP contribution >= 0.6 is 0 Å². The second kappa shape index (κ2) is 2.76. The van der Waals surface area contributed by atoms with E-state index in [0.29, 0.717) is 18.0 Å². The average molecular weight is 155 g/mol. The Morgan fingerprint density at radius 2 is 2.18 bits per heavy atom. The highest BCUT2D eigenvalue weighted by Crippen LogP contribution is 2.33. The van der Waals surface area contributed by atoms with Gasteiger partial charge in [0.25, 0.3) is 0 Å². The van der Waals surface area contributed by atoms with Crippen LogP contribution in [0.2, 0.25) is 0 Å². The van der Waals surface area contributed by atoms with E-state index in [2.05, 4.69) is 12.2 Å². The smallest absolute Gasteiger partial charge is 0.0598 e. The molecule has 1 saturated carbocycles. The van der Waals surface area contributed by atoms with Gasteiger partial charge in [-0.1, -0.05) is 6.42 Å². The Bertz CT molecular complexity index is 148. The van der Waals surface area contributed by atoms with Crippen molar-refractivity contribution in [3.8, 4) is 0 Å². The zero-order valence-corrected chi connectivity index (χ0v) is 7.09. The van der Waals surface area contributed by atoms with Crippen molar-refractivity contribution in [2.75, 3.05) is 0 Å². The minimum atomic E-state index is -0.0289. The number of aliphatic hydroxyl groups is 1. The van der Waals surface area contributed by atoms with Gasteiger partial charge in [0, 0.05) is 18.0 Å². The van der Waals surface area contributed by atoms with Crippen molar-refractivity contribution in [2.45, 2.75) is 50.8 Å². The quantitative estimate of drug-likeness (QED) is 0.544. The molecule has 2 fully saturated rings. The number of rotatable bonds is 0. The van der Waals surface area contributed by atoms with Crippen LogP contribution in [-0.2, 0) is 0 Å². The maximum Gasteiger partial charge on any atom is 0.0598 e. The Morgan fingerprint density at radius 3 is 3.00 bits per heavy atom. The van der Waals surface area contributed by atoms with Gasteiger partial charge in [-0.15, -0.1) is 0 Å². The van der Waals surface area contributed by atoms with E-state index >= 15 is 0 Å². The first kappa shape index (κ1) is 7.56. The summed E-state index contributed by atoms with van der Waals surface area (Å²) in [6.45, 7) is 2.16. The first-order valence-electron chi connectivity index (χ1n) is 4.71. The Morgan fingerprint density at radius 1 is 1.36 bits per heavy atom. The minimum Gasteiger partial charge on any atom is -0.393 e. The number of aliphatic hydroxyl groups excluding tert-OH is 1. The molecule has 1 saturated heterocycles. The van der Waals surface area contributed by atoms with Gasteiger partial charge < -0.3 is 10.4 Å². The summed E-state index contributed by atoms with van der Waals surface area (Å²) in [7, 11) is 0. The van der Waals surface area contributed by atoms with Gasteiger partial charge in [0.05, 0.1) is 6.10 Å². The lowest BCUT2D eigenvalue weighted by Crippen LogP contribution is -2.50. The molecule has 0 aromatic carbocycles. The standard InChI is InChI=1S/C9H17NO/c1-6-5-9(11)7-3-2-4-8(7)10-6/h6-11H,2-5H2,1H3. The van der Waals surface area contributed by atoms with Crippen LogP contribution in [0.15, 0.2) is 0 Å². The van der Waals surface area contributed by atoms with Crippen LogP contribution in [0.5, 0.6) is 0 Å². The Labute approximate surface area is 68.0 Å². The van der Waals surface area contributed by atoms with E-state index in [-0.39, 0.29) is 6.10 Å². The minimum absolute atomic E-state index is 0.0289. The molecule has 2 rings (SSSR count). The number of fused-ring (bicyclic) bond motifs is 1. The number of hydrogen-bond donors (Lipinski definition) is 2. The van der Waals surface area contributed by atoms with E-state index in [1.54, 1.807) is 0 Å². The van der Waals surface area contributed by atoms with Gasteiger partial charge in [-0.3, -0.25) is 0 Å². The number of hydrogen-bond acceptors (Lipinski definition) is 2. The van der Waals surface area contributed by atoms with Crippen molar-refractivity contribution in [3.63, 3.8) is 0 Å². The SMILES string of the molecule is CC1CC(O)C2CCCC2N1. The van der Waals surface area contributed by atoms with Crippen LogP contribution in [0.25, 0.3) is 0 Å². The van der Waals surface area contributed by atoms with Gasteiger partial charge in [-0.25, -0.2) is 0 Å². The predicted molar refractivity (Wildman–Crippen MR) is 44.4 cm³/mol. The fourth-order valence-corrected chi connectivity index (χ4v) is 2.63. The summed E-state index contributed by atoms with van der Waals surface area (Å²) in [4.78, 5) is 0. The van der Waals surface area contributed by atoms with Crippen LogP contribution < -0.4 is 5.32 Å². The summed E-state index contributed by atoms with van der Waals surface area (Å²) >= 11 is 0. The van der Waals surface area contributed by atoms with Gasteiger partial charge in [-0.05, 0) is 26.2 Å². The molecule has 64 valence electrons. The second-order valence-electron chi connectivity index (χ2n) is 4.07. The third-order valence-corrected chi connectivity index (χ3v) is 3.16. The lowest BCUT2D eigenvalue weighted by Gasteiger charge is -2.35. The molecule has 4 unspecified atom stereocenters. The van der Waals surface area contributed by atoms with Gasteiger partial charge in [-0.2, -0.15) is 0 Å². The highest BCUT2D eigenvalue weighted by Gasteiger charge is 2.37. The van der Waals surface area contributed by atoms with E-state index in [1.165, 1.54) is 19.3 Å². The van der Waals surface area contributed by atoms with E-state index in [0.717, 1.165) is 6.42 Å². The highest BCUT2D eigenvalue weighted by atomic mass is 16.3. The van der Waals surface area contributed by atoms with E-state index in [1.807, 2.05) is 0 Å². The van der Waals surface area contributed by atoms with Crippen molar-refractivity contribution < 1.29 is 5.11 Å². The van der Waals surface area contributed by atoms with Crippen molar-refractivity contribution >= 4 is 0 Å². The molecule has 0 bridgehead atoms. The van der Waals surface area contributed by atoms with Crippen molar-refractivity contribution in [2.24, 2.45) is 5.92 Å². The maximum absolute atomic E-state index is 9.71. The summed E-state index contributed by atoms with van der Waals surface area (Å²) in [6.07, 6.45) is 4.71. The Hall–Kier alpha value is -0.0800. The molecule has 0 aromatic heterocycles. The van der Waals surface area contributed by atoms with Crippen LogP contribution in [0.4, 0.5) is 0 Å². The zero-order valence-electron chi connectivity index (χ0n) is 7.09. The van der Waals surface area contributed by atoms with E-state index < -0.39 is 0 Å². The van der Waals surface area contributed by atoms with Gasteiger partial charge in [0.1, 0.15) is 0 Å². The first-order chi connectivity index (χ1) is 5.27. The molecule has 2 heteroatoms. The summed E-state index contributed by atoms with van der Waals surface area (Å²) in [5.74, 6) is 0.561. The highest BCUT2D eigenvalue weighted by molar-refractivity contribution is 4.94. The molecular formula is C9H17NO. The summed E-state index contributed by atoms with van der Waals surface area (Å²) < 4.78 is 0. The molecule has 0 amide bonds. The number of piperidine rings is 1. The normalized spacial score (nSPS) is 50.7. The summed E-state index contributed by atoms with van der Waals surface area (Å²) in [5.41, 5.74) is 0. The third kappa shape index (κ3) is 1.30. The molecule has 0 radical (unpaired) electrons. The molecule has 1 aliphatic carbocycles. The molecule has 4 atom stereocenters. The van der Waals surface area contributed by atoms with Crippen LogP contribution in [0.1, 0.15) is 32.6 Å². The van der Waals surface area contributed by atoms with E-state index in [4.69, 9.17) is 0 Å². The van der Waals surface area contributed by atoms with E-state index in [9.17, 15) is 5.11 Å². The zero-order chi connectivity index (χ0) is 7.84. The molecule has 2 nitrogen and oxygen atoms in total. The first-order valence-corrected chi connectivity index (χ1v) is 4.71. The molecule has 2 aliphatic rings. The lowest BCUT2D eigenvalue weighted by molar-refractivity contribution is 0.0481. The molecule has 1 aliphatic heterocycles. The molecule has 11 heavy (non-hydrogen) atoms. The Balaban J connectivity index is 2.04. The largest absolute Gasteiger partial charge is 0.393 e. The summed E-state index contributed by atoms with van der Waals surface area (Å²) in [5, 5.41) is 13.3. The maximum atomic E-state index is 9.71. The molecular weight excluding hydrogens is 138 g/mol. The topological polar surface area (TPSA) is 32.3 Å². The monoisotopic (exact) mass is 155 g/mol. The fourth-order valence-electron chi connectivity index (χ4n) is 2.63. The summed E-state index contributed by atoms with van der Waals surface area (Å²) in [6, 6.07) is 1.14. The van der Waals surface area contributed by atoms with Crippen molar-refractivity contribution in [1.29, 1.82) is 0 Å². The second-order valence-corrected chi connectivity index (χ2v) is 4.07. The van der Waals surface area contributed by atoms with Crippen LogP contribution in [-0.4, -0.2) is 23.3 Å². The van der Waals surface area contributed by atoms with Crippen molar-refractivity contribution in [3.05, 3.63) is 0 Å². The number of nitrogens with one attached hydrogen (secondary N) is 1. The lowest BCUT2D eigenvalue weighted by atomic mass is 9.87. The average Bonchev–Trinajstić information content (AvgIpc) is 2.34. The van der Waals surface area contributed by atoms with Crippen LogP contribution in [0.3, 0.4) is 0 Å². The third-order valence-electron chi connectivity index (χ3n) is 3.16. The van der Waals surface area contributed by atoms with Gasteiger partial charge >= 0.3 is 0 Å². The molecule has 0 aromatic rings. The Kier molecular flexibility index (Phi) is 1.90. The van der Waals surface area contributed by atoms with Crippen molar-refractivity contribution in [1.82, 2.24) is 5.32 Å². The molecule has 1 heterocycles. The predicted octanol–water partition coefficient (Wildman–Crippen LogP) is 0.898. The van der Waals surface area contributed by atoms with Gasteiger partial charge in [0.15, 0.2) is 0 Å². The molecule has 0 spiro atoms.